The highest BCUT2D eigenvalue weighted by Crippen LogP contribution is 2.24. The minimum atomic E-state index is -0.0897. The summed E-state index contributed by atoms with van der Waals surface area (Å²) in [5.41, 5.74) is 0.858. The van der Waals surface area contributed by atoms with Crippen molar-refractivity contribution in [3.8, 4) is 5.75 Å². The zero-order valence-corrected chi connectivity index (χ0v) is 11.8. The highest BCUT2D eigenvalue weighted by molar-refractivity contribution is 6.31. The van der Waals surface area contributed by atoms with Crippen LogP contribution in [0.25, 0.3) is 0 Å². The Morgan fingerprint density at radius 3 is 3.16 bits per heavy atom. The van der Waals surface area contributed by atoms with Gasteiger partial charge in [-0.2, -0.15) is 0 Å². The summed E-state index contributed by atoms with van der Waals surface area (Å²) in [7, 11) is 0. The average Bonchev–Trinajstić information content (AvgIpc) is 2.42. The number of halogens is 1. The first-order chi connectivity index (χ1) is 9.16. The van der Waals surface area contributed by atoms with Gasteiger partial charge in [0, 0.05) is 23.2 Å². The first kappa shape index (κ1) is 14.2. The van der Waals surface area contributed by atoms with E-state index in [1.807, 2.05) is 19.1 Å². The van der Waals surface area contributed by atoms with Crippen LogP contribution in [0.2, 0.25) is 5.02 Å². The molecule has 0 saturated carbocycles. The average molecular weight is 283 g/mol. The molecule has 1 aliphatic rings. The highest BCUT2D eigenvalue weighted by Gasteiger charge is 2.15. The Balaban J connectivity index is 1.81. The van der Waals surface area contributed by atoms with E-state index in [4.69, 9.17) is 16.3 Å². The molecule has 0 bridgehead atoms. The summed E-state index contributed by atoms with van der Waals surface area (Å²) in [6, 6.07) is 5.65. The fourth-order valence-electron chi connectivity index (χ4n) is 2.13. The Kier molecular flexibility index (Phi) is 5.05. The first-order valence-corrected chi connectivity index (χ1v) is 6.92. The van der Waals surface area contributed by atoms with Crippen molar-refractivity contribution in [2.24, 2.45) is 0 Å². The topological polar surface area (TPSA) is 50.4 Å². The fourth-order valence-corrected chi connectivity index (χ4v) is 2.30. The zero-order chi connectivity index (χ0) is 13.7. The summed E-state index contributed by atoms with van der Waals surface area (Å²) in [5.74, 6) is 0.567. The molecule has 1 heterocycles. The van der Waals surface area contributed by atoms with Crippen molar-refractivity contribution in [2.75, 3.05) is 19.7 Å². The molecular weight excluding hydrogens is 264 g/mol. The molecule has 1 aliphatic heterocycles. The Hall–Kier alpha value is -1.26. The van der Waals surface area contributed by atoms with E-state index in [9.17, 15) is 4.79 Å². The van der Waals surface area contributed by atoms with Crippen molar-refractivity contribution in [3.05, 3.63) is 28.8 Å². The van der Waals surface area contributed by atoms with Gasteiger partial charge in [0.05, 0.1) is 0 Å². The van der Waals surface area contributed by atoms with Crippen LogP contribution in [-0.4, -0.2) is 31.6 Å². The summed E-state index contributed by atoms with van der Waals surface area (Å²) >= 11 is 6.00. The van der Waals surface area contributed by atoms with Crippen molar-refractivity contribution in [1.29, 1.82) is 0 Å². The Bertz CT molecular complexity index is 445. The van der Waals surface area contributed by atoms with Gasteiger partial charge >= 0.3 is 0 Å². The molecule has 1 aromatic carbocycles. The van der Waals surface area contributed by atoms with Crippen LogP contribution in [0.3, 0.4) is 0 Å². The number of ether oxygens (including phenoxy) is 1. The monoisotopic (exact) mass is 282 g/mol. The number of hydrogen-bond acceptors (Lipinski definition) is 3. The normalized spacial score (nSPS) is 18.9. The maximum atomic E-state index is 11.8. The smallest absolute Gasteiger partial charge is 0.258 e. The Labute approximate surface area is 118 Å². The van der Waals surface area contributed by atoms with Crippen LogP contribution in [-0.2, 0) is 4.79 Å². The first-order valence-electron chi connectivity index (χ1n) is 6.55. The van der Waals surface area contributed by atoms with E-state index in [1.165, 1.54) is 0 Å². The molecule has 2 rings (SSSR count). The summed E-state index contributed by atoms with van der Waals surface area (Å²) in [6.07, 6.45) is 2.12. The van der Waals surface area contributed by atoms with Crippen LogP contribution in [0, 0.1) is 6.92 Å². The van der Waals surface area contributed by atoms with Crippen LogP contribution in [0.1, 0.15) is 18.4 Å². The lowest BCUT2D eigenvalue weighted by Crippen LogP contribution is -2.47. The number of piperidine rings is 1. The molecule has 1 fully saturated rings. The molecule has 0 spiro atoms. The number of benzene rings is 1. The van der Waals surface area contributed by atoms with Crippen molar-refractivity contribution < 1.29 is 9.53 Å². The molecule has 0 aromatic heterocycles. The van der Waals surface area contributed by atoms with Gasteiger partial charge in [-0.3, -0.25) is 4.79 Å². The second-order valence-electron chi connectivity index (χ2n) is 4.76. The molecule has 5 heteroatoms. The standard InChI is InChI=1S/C14H19ClN2O2/c1-10-12(15)5-2-6-13(10)19-9-14(18)17-11-4-3-7-16-8-11/h2,5-6,11,16H,3-4,7-9H2,1H3,(H,17,18). The van der Waals surface area contributed by atoms with Gasteiger partial charge in [0.15, 0.2) is 6.61 Å². The third kappa shape index (κ3) is 4.11. The molecule has 1 saturated heterocycles. The maximum Gasteiger partial charge on any atom is 0.258 e. The third-order valence-electron chi connectivity index (χ3n) is 3.24. The number of carbonyl (C=O) groups is 1. The van der Waals surface area contributed by atoms with Gasteiger partial charge < -0.3 is 15.4 Å². The zero-order valence-electron chi connectivity index (χ0n) is 11.0. The van der Waals surface area contributed by atoms with Crippen molar-refractivity contribution in [3.63, 3.8) is 0 Å². The quantitative estimate of drug-likeness (QED) is 0.887. The second-order valence-corrected chi connectivity index (χ2v) is 5.17. The minimum Gasteiger partial charge on any atom is -0.483 e. The molecule has 4 nitrogen and oxygen atoms in total. The molecule has 1 aromatic rings. The van der Waals surface area contributed by atoms with Gasteiger partial charge in [0.1, 0.15) is 5.75 Å². The summed E-state index contributed by atoms with van der Waals surface area (Å²) in [6.45, 7) is 3.77. The molecule has 104 valence electrons. The lowest BCUT2D eigenvalue weighted by molar-refractivity contribution is -0.123. The van der Waals surface area contributed by atoms with E-state index in [0.717, 1.165) is 31.5 Å². The van der Waals surface area contributed by atoms with Gasteiger partial charge in [0.2, 0.25) is 0 Å². The predicted molar refractivity (Wildman–Crippen MR) is 75.7 cm³/mol. The van der Waals surface area contributed by atoms with Gasteiger partial charge in [-0.15, -0.1) is 0 Å². The summed E-state index contributed by atoms with van der Waals surface area (Å²) < 4.78 is 5.50. The fraction of sp³-hybridized carbons (Fsp3) is 0.500. The lowest BCUT2D eigenvalue weighted by Gasteiger charge is -2.23. The van der Waals surface area contributed by atoms with E-state index in [2.05, 4.69) is 10.6 Å². The molecule has 0 aliphatic carbocycles. The third-order valence-corrected chi connectivity index (χ3v) is 3.65. The number of amides is 1. The highest BCUT2D eigenvalue weighted by atomic mass is 35.5. The molecular formula is C14H19ClN2O2. The van der Waals surface area contributed by atoms with Crippen molar-refractivity contribution in [1.82, 2.24) is 10.6 Å². The minimum absolute atomic E-state index is 0.0255. The van der Waals surface area contributed by atoms with Crippen molar-refractivity contribution in [2.45, 2.75) is 25.8 Å². The van der Waals surface area contributed by atoms with E-state index < -0.39 is 0 Å². The van der Waals surface area contributed by atoms with Gasteiger partial charge in [-0.25, -0.2) is 0 Å². The van der Waals surface area contributed by atoms with Crippen molar-refractivity contribution >= 4 is 17.5 Å². The van der Waals surface area contributed by atoms with Crippen LogP contribution < -0.4 is 15.4 Å². The van der Waals surface area contributed by atoms with Crippen LogP contribution in [0.5, 0.6) is 5.75 Å². The van der Waals surface area contributed by atoms with Crippen LogP contribution >= 0.6 is 11.6 Å². The maximum absolute atomic E-state index is 11.8. The largest absolute Gasteiger partial charge is 0.483 e. The van der Waals surface area contributed by atoms with E-state index in [0.29, 0.717) is 10.8 Å². The van der Waals surface area contributed by atoms with Crippen LogP contribution in [0.4, 0.5) is 0 Å². The van der Waals surface area contributed by atoms with E-state index >= 15 is 0 Å². The summed E-state index contributed by atoms with van der Waals surface area (Å²) in [5, 5.41) is 6.87. The Morgan fingerprint density at radius 2 is 2.42 bits per heavy atom. The number of rotatable bonds is 4. The summed E-state index contributed by atoms with van der Waals surface area (Å²) in [4.78, 5) is 11.8. The molecule has 1 amide bonds. The molecule has 0 radical (unpaired) electrons. The van der Waals surface area contributed by atoms with Crippen LogP contribution in [0.15, 0.2) is 18.2 Å². The second kappa shape index (κ2) is 6.78. The van der Waals surface area contributed by atoms with Gasteiger partial charge in [-0.05, 0) is 38.4 Å². The van der Waals surface area contributed by atoms with E-state index in [-0.39, 0.29) is 18.6 Å². The van der Waals surface area contributed by atoms with Gasteiger partial charge in [0.25, 0.3) is 5.91 Å². The predicted octanol–water partition coefficient (Wildman–Crippen LogP) is 1.90. The SMILES string of the molecule is Cc1c(Cl)cccc1OCC(=O)NC1CCCNC1. The molecule has 2 N–H and O–H groups in total. The Morgan fingerprint density at radius 1 is 1.58 bits per heavy atom. The number of nitrogens with one attached hydrogen (secondary N) is 2. The number of hydrogen-bond donors (Lipinski definition) is 2. The number of carbonyl (C=O) groups excluding carboxylic acids is 1. The molecule has 1 atom stereocenters. The van der Waals surface area contributed by atoms with Gasteiger partial charge in [-0.1, -0.05) is 17.7 Å². The molecule has 1 unspecified atom stereocenters. The lowest BCUT2D eigenvalue weighted by atomic mass is 10.1. The molecule has 19 heavy (non-hydrogen) atoms. The van der Waals surface area contributed by atoms with E-state index in [1.54, 1.807) is 6.07 Å².